The molecule has 1 aliphatic heterocycles. The van der Waals surface area contributed by atoms with Gasteiger partial charge in [-0.1, -0.05) is 54.6 Å². The van der Waals surface area contributed by atoms with E-state index in [9.17, 15) is 0 Å². The first-order valence-corrected chi connectivity index (χ1v) is 8.19. The van der Waals surface area contributed by atoms with Crippen molar-refractivity contribution in [2.75, 3.05) is 13.1 Å². The number of aromatic nitrogens is 4. The van der Waals surface area contributed by atoms with Crippen molar-refractivity contribution in [1.82, 2.24) is 25.1 Å². The van der Waals surface area contributed by atoms with Crippen molar-refractivity contribution in [1.29, 1.82) is 0 Å². The van der Waals surface area contributed by atoms with Crippen LogP contribution < -0.4 is 0 Å². The van der Waals surface area contributed by atoms with Gasteiger partial charge in [0.2, 0.25) is 0 Å². The minimum atomic E-state index is 0.750. The largest absolute Gasteiger partial charge is 0.292 e. The Labute approximate surface area is 141 Å². The van der Waals surface area contributed by atoms with Gasteiger partial charge >= 0.3 is 0 Å². The van der Waals surface area contributed by atoms with Crippen LogP contribution in [0.25, 0.3) is 11.3 Å². The van der Waals surface area contributed by atoms with Gasteiger partial charge in [-0.3, -0.25) is 4.90 Å². The van der Waals surface area contributed by atoms with Crippen LogP contribution in [0.15, 0.2) is 66.7 Å². The predicted molar refractivity (Wildman–Crippen MR) is 93.5 cm³/mol. The Balaban J connectivity index is 1.47. The molecule has 1 aliphatic rings. The lowest BCUT2D eigenvalue weighted by molar-refractivity contribution is 0.284. The lowest BCUT2D eigenvalue weighted by atomic mass is 10.00. The summed E-state index contributed by atoms with van der Waals surface area (Å²) in [6.45, 7) is 2.69. The van der Waals surface area contributed by atoms with Crippen LogP contribution in [0.4, 0.5) is 0 Å². The molecule has 0 fully saturated rings. The minimum Gasteiger partial charge on any atom is -0.292 e. The molecule has 0 saturated heterocycles. The molecule has 5 heteroatoms. The molecule has 4 rings (SSSR count). The van der Waals surface area contributed by atoms with E-state index in [1.165, 1.54) is 11.1 Å². The molecule has 0 radical (unpaired) electrons. The topological polar surface area (TPSA) is 46.8 Å². The lowest BCUT2D eigenvalue weighted by Gasteiger charge is -2.25. The maximum absolute atomic E-state index is 4.20. The average molecular weight is 317 g/mol. The predicted octanol–water partition coefficient (Wildman–Crippen LogP) is 2.95. The Hall–Kier alpha value is -2.79. The summed E-state index contributed by atoms with van der Waals surface area (Å²) in [4.78, 5) is 2.37. The van der Waals surface area contributed by atoms with Gasteiger partial charge in [-0.15, -0.1) is 5.10 Å². The first-order chi connectivity index (χ1) is 11.9. The highest BCUT2D eigenvalue weighted by Crippen LogP contribution is 2.22. The van der Waals surface area contributed by atoms with E-state index in [2.05, 4.69) is 56.8 Å². The smallest absolute Gasteiger partial charge is 0.170 e. The van der Waals surface area contributed by atoms with Crippen molar-refractivity contribution in [3.63, 3.8) is 0 Å². The van der Waals surface area contributed by atoms with Crippen molar-refractivity contribution in [2.45, 2.75) is 13.0 Å². The Morgan fingerprint density at radius 1 is 0.917 bits per heavy atom. The van der Waals surface area contributed by atoms with E-state index in [0.717, 1.165) is 37.6 Å². The Bertz CT molecular complexity index is 823. The zero-order chi connectivity index (χ0) is 16.2. The summed E-state index contributed by atoms with van der Waals surface area (Å²) in [7, 11) is 0. The number of hydrogen-bond donors (Lipinski definition) is 0. The van der Waals surface area contributed by atoms with E-state index in [0.29, 0.717) is 0 Å². The highest BCUT2D eigenvalue weighted by Gasteiger charge is 2.16. The third-order valence-electron chi connectivity index (χ3n) is 4.34. The molecule has 0 spiro atoms. The van der Waals surface area contributed by atoms with Gasteiger partial charge in [0.15, 0.2) is 5.82 Å². The monoisotopic (exact) mass is 317 g/mol. The van der Waals surface area contributed by atoms with E-state index in [1.807, 2.05) is 35.0 Å². The summed E-state index contributed by atoms with van der Waals surface area (Å²) < 4.78 is 1.82. The van der Waals surface area contributed by atoms with Crippen LogP contribution in [0.1, 0.15) is 17.8 Å². The molecule has 3 aromatic rings. The van der Waals surface area contributed by atoms with Crippen molar-refractivity contribution in [2.24, 2.45) is 0 Å². The fraction of sp³-hybridized carbons (Fsp3) is 0.211. The third kappa shape index (κ3) is 3.12. The molecule has 0 bridgehead atoms. The molecule has 0 amide bonds. The molecule has 5 nitrogen and oxygen atoms in total. The summed E-state index contributed by atoms with van der Waals surface area (Å²) in [6, 6.07) is 20.6. The van der Waals surface area contributed by atoms with Crippen molar-refractivity contribution in [3.8, 4) is 5.69 Å². The first kappa shape index (κ1) is 14.8. The molecule has 0 N–H and O–H groups in total. The highest BCUT2D eigenvalue weighted by atomic mass is 15.5. The van der Waals surface area contributed by atoms with E-state index < -0.39 is 0 Å². The van der Waals surface area contributed by atoms with E-state index in [1.54, 1.807) is 0 Å². The van der Waals surface area contributed by atoms with Crippen molar-refractivity contribution < 1.29 is 0 Å². The SMILES string of the molecule is C1=C(c2ccccc2)CCN(Cc2nnnn2-c2ccccc2)C1. The van der Waals surface area contributed by atoms with Gasteiger partial charge in [-0.2, -0.15) is 4.68 Å². The molecular formula is C19H19N5. The van der Waals surface area contributed by atoms with Crippen LogP contribution in [-0.2, 0) is 6.54 Å². The number of tetrazole rings is 1. The molecule has 120 valence electrons. The molecular weight excluding hydrogens is 298 g/mol. The van der Waals surface area contributed by atoms with Crippen LogP contribution in [0.3, 0.4) is 0 Å². The number of rotatable bonds is 4. The summed E-state index contributed by atoms with van der Waals surface area (Å²) in [5.74, 6) is 0.873. The Kier molecular flexibility index (Phi) is 4.16. The molecule has 2 heterocycles. The van der Waals surface area contributed by atoms with Gasteiger partial charge in [0, 0.05) is 13.1 Å². The zero-order valence-corrected chi connectivity index (χ0v) is 13.4. The summed E-state index contributed by atoms with van der Waals surface area (Å²) in [6.07, 6.45) is 3.37. The second-order valence-electron chi connectivity index (χ2n) is 5.92. The molecule has 1 aromatic heterocycles. The van der Waals surface area contributed by atoms with Gasteiger partial charge in [-0.05, 0) is 40.1 Å². The molecule has 2 aromatic carbocycles. The molecule has 0 atom stereocenters. The maximum Gasteiger partial charge on any atom is 0.170 e. The molecule has 0 aliphatic carbocycles. The van der Waals surface area contributed by atoms with E-state index in [-0.39, 0.29) is 0 Å². The summed E-state index contributed by atoms with van der Waals surface area (Å²) >= 11 is 0. The van der Waals surface area contributed by atoms with Crippen LogP contribution in [0, 0.1) is 0 Å². The molecule has 0 unspecified atom stereocenters. The standard InChI is InChI=1S/C19H19N5/c1-3-7-16(8-4-1)17-11-13-23(14-12-17)15-19-20-21-22-24(19)18-9-5-2-6-10-18/h1-11H,12-15H2. The average Bonchev–Trinajstić information content (AvgIpc) is 3.12. The van der Waals surface area contributed by atoms with Gasteiger partial charge < -0.3 is 0 Å². The first-order valence-electron chi connectivity index (χ1n) is 8.19. The quantitative estimate of drug-likeness (QED) is 0.742. The van der Waals surface area contributed by atoms with Crippen LogP contribution in [-0.4, -0.2) is 38.2 Å². The molecule has 24 heavy (non-hydrogen) atoms. The number of para-hydroxylation sites is 1. The minimum absolute atomic E-state index is 0.750. The Morgan fingerprint density at radius 3 is 2.38 bits per heavy atom. The van der Waals surface area contributed by atoms with E-state index >= 15 is 0 Å². The summed E-state index contributed by atoms with van der Waals surface area (Å²) in [5, 5.41) is 12.2. The van der Waals surface area contributed by atoms with E-state index in [4.69, 9.17) is 0 Å². The second kappa shape index (κ2) is 6.76. The number of benzene rings is 2. The van der Waals surface area contributed by atoms with Gasteiger partial charge in [0.25, 0.3) is 0 Å². The van der Waals surface area contributed by atoms with Crippen molar-refractivity contribution in [3.05, 3.63) is 78.1 Å². The van der Waals surface area contributed by atoms with Gasteiger partial charge in [-0.25, -0.2) is 0 Å². The third-order valence-corrected chi connectivity index (χ3v) is 4.34. The normalized spacial score (nSPS) is 15.2. The van der Waals surface area contributed by atoms with Crippen LogP contribution >= 0.6 is 0 Å². The van der Waals surface area contributed by atoms with Crippen LogP contribution in [0.2, 0.25) is 0 Å². The number of hydrogen-bond acceptors (Lipinski definition) is 4. The van der Waals surface area contributed by atoms with Gasteiger partial charge in [0.1, 0.15) is 0 Å². The van der Waals surface area contributed by atoms with Crippen LogP contribution in [0.5, 0.6) is 0 Å². The maximum atomic E-state index is 4.20. The van der Waals surface area contributed by atoms with Gasteiger partial charge in [0.05, 0.1) is 12.2 Å². The number of nitrogens with zero attached hydrogens (tertiary/aromatic N) is 5. The fourth-order valence-corrected chi connectivity index (χ4v) is 3.04. The Morgan fingerprint density at radius 2 is 1.67 bits per heavy atom. The highest BCUT2D eigenvalue weighted by molar-refractivity contribution is 5.66. The second-order valence-corrected chi connectivity index (χ2v) is 5.92. The summed E-state index contributed by atoms with van der Waals surface area (Å²) in [5.41, 5.74) is 3.75. The fourth-order valence-electron chi connectivity index (χ4n) is 3.04. The zero-order valence-electron chi connectivity index (χ0n) is 13.4. The van der Waals surface area contributed by atoms with Crippen molar-refractivity contribution >= 4 is 5.57 Å². The molecule has 0 saturated carbocycles. The lowest BCUT2D eigenvalue weighted by Crippen LogP contribution is -2.29.